The summed E-state index contributed by atoms with van der Waals surface area (Å²) < 4.78 is 5.18. The van der Waals surface area contributed by atoms with Gasteiger partial charge >= 0.3 is 0 Å². The van der Waals surface area contributed by atoms with Crippen molar-refractivity contribution in [2.24, 2.45) is 10.2 Å². The third-order valence-corrected chi connectivity index (χ3v) is 5.49. The Labute approximate surface area is 198 Å². The zero-order chi connectivity index (χ0) is 23.5. The normalized spacial score (nSPS) is 11.1. The van der Waals surface area contributed by atoms with E-state index in [9.17, 15) is 15.0 Å². The number of carbonyl (C=O) groups is 1. The van der Waals surface area contributed by atoms with Crippen molar-refractivity contribution in [3.8, 4) is 17.2 Å². The monoisotopic (exact) mass is 481 g/mol. The molecule has 0 bridgehead atoms. The second kappa shape index (κ2) is 9.36. The first-order valence-corrected chi connectivity index (χ1v) is 10.4. The number of azo groups is 1. The summed E-state index contributed by atoms with van der Waals surface area (Å²) in [6.45, 7) is 0. The van der Waals surface area contributed by atoms with Gasteiger partial charge in [-0.1, -0.05) is 47.5 Å². The number of methoxy groups -OCH3 is 1. The van der Waals surface area contributed by atoms with Crippen LogP contribution in [0.15, 0.2) is 77.0 Å². The van der Waals surface area contributed by atoms with E-state index >= 15 is 0 Å². The van der Waals surface area contributed by atoms with Gasteiger partial charge in [0.2, 0.25) is 0 Å². The van der Waals surface area contributed by atoms with Gasteiger partial charge in [-0.25, -0.2) is 0 Å². The Balaban J connectivity index is 1.77. The minimum absolute atomic E-state index is 0.00388. The topological polar surface area (TPSA) is 104 Å². The maximum atomic E-state index is 13.1. The maximum Gasteiger partial charge on any atom is 0.259 e. The molecule has 0 saturated heterocycles. The molecule has 0 saturated carbocycles. The molecule has 166 valence electrons. The summed E-state index contributed by atoms with van der Waals surface area (Å²) in [6, 6.07) is 17.5. The number of phenols is 2. The van der Waals surface area contributed by atoms with Crippen LogP contribution in [0.3, 0.4) is 0 Å². The van der Waals surface area contributed by atoms with Crippen molar-refractivity contribution in [3.05, 3.63) is 82.3 Å². The van der Waals surface area contributed by atoms with Gasteiger partial charge in [0.25, 0.3) is 5.91 Å². The SMILES string of the molecule is COc1ccc(Cl)c(NC(=O)c2cc(N=Nc3ccc(O)cc3Cl)c3ccccc3c2O)c1. The molecule has 7 nitrogen and oxygen atoms in total. The molecule has 4 aromatic rings. The van der Waals surface area contributed by atoms with Crippen LogP contribution in [-0.4, -0.2) is 23.2 Å². The summed E-state index contributed by atoms with van der Waals surface area (Å²) in [7, 11) is 1.50. The molecular weight excluding hydrogens is 465 g/mol. The third-order valence-electron chi connectivity index (χ3n) is 4.86. The van der Waals surface area contributed by atoms with Gasteiger partial charge in [0.15, 0.2) is 0 Å². The molecule has 9 heteroatoms. The molecule has 33 heavy (non-hydrogen) atoms. The molecule has 4 rings (SSSR count). The summed E-state index contributed by atoms with van der Waals surface area (Å²) in [6.07, 6.45) is 0. The standard InChI is InChI=1S/C24H17Cl2N3O4/c1-33-14-7-8-18(25)22(11-14)27-24(32)17-12-21(15-4-2-3-5-16(15)23(17)31)29-28-20-9-6-13(30)10-19(20)26/h2-12,30-31H,1H3,(H,27,32). The highest BCUT2D eigenvalue weighted by molar-refractivity contribution is 6.34. The number of anilines is 1. The second-order valence-electron chi connectivity index (χ2n) is 6.97. The van der Waals surface area contributed by atoms with Crippen LogP contribution in [-0.2, 0) is 0 Å². The number of phenolic OH excluding ortho intramolecular Hbond substituents is 2. The number of nitrogens with zero attached hydrogens (tertiary/aromatic N) is 2. The fourth-order valence-electron chi connectivity index (χ4n) is 3.20. The fraction of sp³-hybridized carbons (Fsp3) is 0.0417. The van der Waals surface area contributed by atoms with E-state index in [1.54, 1.807) is 42.5 Å². The molecule has 0 unspecified atom stereocenters. The highest BCUT2D eigenvalue weighted by Crippen LogP contribution is 2.38. The highest BCUT2D eigenvalue weighted by atomic mass is 35.5. The van der Waals surface area contributed by atoms with Gasteiger partial charge in [-0.2, -0.15) is 0 Å². The quantitative estimate of drug-likeness (QED) is 0.261. The van der Waals surface area contributed by atoms with E-state index in [0.717, 1.165) is 0 Å². The van der Waals surface area contributed by atoms with E-state index in [4.69, 9.17) is 27.9 Å². The number of amides is 1. The molecule has 0 aliphatic carbocycles. The van der Waals surface area contributed by atoms with Crippen molar-refractivity contribution in [1.82, 2.24) is 0 Å². The average molecular weight is 482 g/mol. The van der Waals surface area contributed by atoms with Gasteiger partial charge in [-0.15, -0.1) is 10.2 Å². The lowest BCUT2D eigenvalue weighted by Gasteiger charge is -2.12. The summed E-state index contributed by atoms with van der Waals surface area (Å²) in [5, 5.41) is 33.0. The third kappa shape index (κ3) is 4.69. The summed E-state index contributed by atoms with van der Waals surface area (Å²) in [4.78, 5) is 13.1. The van der Waals surface area contributed by atoms with E-state index in [1.165, 1.54) is 31.4 Å². The first-order chi connectivity index (χ1) is 15.9. The minimum atomic E-state index is -0.590. The lowest BCUT2D eigenvalue weighted by atomic mass is 10.0. The zero-order valence-corrected chi connectivity index (χ0v) is 18.7. The number of hydrogen-bond donors (Lipinski definition) is 3. The zero-order valence-electron chi connectivity index (χ0n) is 17.2. The molecule has 4 aromatic carbocycles. The van der Waals surface area contributed by atoms with E-state index in [-0.39, 0.29) is 22.1 Å². The Hall–Kier alpha value is -3.81. The maximum absolute atomic E-state index is 13.1. The number of carbonyl (C=O) groups excluding carboxylic acids is 1. The van der Waals surface area contributed by atoms with E-state index in [1.807, 2.05) is 0 Å². The van der Waals surface area contributed by atoms with Gasteiger partial charge < -0.3 is 20.3 Å². The van der Waals surface area contributed by atoms with Gasteiger partial charge in [0.05, 0.1) is 34.1 Å². The van der Waals surface area contributed by atoms with Crippen LogP contribution in [0.25, 0.3) is 10.8 Å². The van der Waals surface area contributed by atoms with Gasteiger partial charge in [0.1, 0.15) is 22.9 Å². The van der Waals surface area contributed by atoms with Gasteiger partial charge in [0, 0.05) is 22.9 Å². The molecule has 0 aromatic heterocycles. The number of benzene rings is 4. The van der Waals surface area contributed by atoms with E-state index in [2.05, 4.69) is 15.5 Å². The van der Waals surface area contributed by atoms with Crippen LogP contribution in [0.2, 0.25) is 10.0 Å². The lowest BCUT2D eigenvalue weighted by Crippen LogP contribution is -2.12. The van der Waals surface area contributed by atoms with Crippen molar-refractivity contribution in [2.75, 3.05) is 12.4 Å². The fourth-order valence-corrected chi connectivity index (χ4v) is 3.58. The number of ether oxygens (including phenoxy) is 1. The van der Waals surface area contributed by atoms with Crippen molar-refractivity contribution in [1.29, 1.82) is 0 Å². The smallest absolute Gasteiger partial charge is 0.259 e. The van der Waals surface area contributed by atoms with E-state index < -0.39 is 5.91 Å². The van der Waals surface area contributed by atoms with Crippen LogP contribution >= 0.6 is 23.2 Å². The number of fused-ring (bicyclic) bond motifs is 1. The Morgan fingerprint density at radius 1 is 0.879 bits per heavy atom. The second-order valence-corrected chi connectivity index (χ2v) is 7.79. The Kier molecular flexibility index (Phi) is 6.35. The van der Waals surface area contributed by atoms with Gasteiger partial charge in [-0.05, 0) is 30.3 Å². The largest absolute Gasteiger partial charge is 0.508 e. The van der Waals surface area contributed by atoms with Crippen molar-refractivity contribution in [2.45, 2.75) is 0 Å². The number of halogens is 2. The number of nitrogens with one attached hydrogen (secondary N) is 1. The Morgan fingerprint density at radius 3 is 2.33 bits per heavy atom. The molecule has 3 N–H and O–H groups in total. The molecule has 0 fully saturated rings. The molecule has 0 aliphatic heterocycles. The summed E-state index contributed by atoms with van der Waals surface area (Å²) in [5.41, 5.74) is 0.987. The predicted molar refractivity (Wildman–Crippen MR) is 129 cm³/mol. The molecule has 0 atom stereocenters. The van der Waals surface area contributed by atoms with Gasteiger partial charge in [-0.3, -0.25) is 4.79 Å². The van der Waals surface area contributed by atoms with Crippen LogP contribution in [0.4, 0.5) is 17.1 Å². The van der Waals surface area contributed by atoms with Crippen molar-refractivity contribution in [3.63, 3.8) is 0 Å². The first-order valence-electron chi connectivity index (χ1n) is 9.67. The first kappa shape index (κ1) is 22.4. The van der Waals surface area contributed by atoms with Crippen LogP contribution in [0.1, 0.15) is 10.4 Å². The molecule has 0 heterocycles. The van der Waals surface area contributed by atoms with E-state index in [0.29, 0.717) is 38.6 Å². The number of hydrogen-bond acceptors (Lipinski definition) is 6. The highest BCUT2D eigenvalue weighted by Gasteiger charge is 2.18. The Morgan fingerprint density at radius 2 is 1.61 bits per heavy atom. The van der Waals surface area contributed by atoms with Crippen molar-refractivity contribution >= 4 is 56.9 Å². The molecule has 1 amide bonds. The molecule has 0 aliphatic rings. The average Bonchev–Trinajstić information content (AvgIpc) is 2.81. The molecular formula is C24H17Cl2N3O4. The van der Waals surface area contributed by atoms with Crippen LogP contribution in [0, 0.1) is 0 Å². The van der Waals surface area contributed by atoms with Crippen molar-refractivity contribution < 1.29 is 19.7 Å². The molecule has 0 spiro atoms. The number of rotatable bonds is 5. The predicted octanol–water partition coefficient (Wildman–Crippen LogP) is 7.23. The minimum Gasteiger partial charge on any atom is -0.508 e. The summed E-state index contributed by atoms with van der Waals surface area (Å²) >= 11 is 12.3. The van der Waals surface area contributed by atoms with Crippen LogP contribution < -0.4 is 10.1 Å². The summed E-state index contributed by atoms with van der Waals surface area (Å²) in [5.74, 6) is -0.279. The molecule has 0 radical (unpaired) electrons. The number of aromatic hydroxyl groups is 2. The lowest BCUT2D eigenvalue weighted by molar-refractivity contribution is 0.102. The Bertz CT molecular complexity index is 1410. The van der Waals surface area contributed by atoms with Crippen LogP contribution in [0.5, 0.6) is 17.2 Å².